The van der Waals surface area contributed by atoms with Crippen molar-refractivity contribution in [2.45, 2.75) is 6.54 Å². The van der Waals surface area contributed by atoms with E-state index in [4.69, 9.17) is 4.74 Å². The lowest BCUT2D eigenvalue weighted by molar-refractivity contribution is 0.0303. The van der Waals surface area contributed by atoms with Gasteiger partial charge in [0.15, 0.2) is 5.96 Å². The maximum absolute atomic E-state index is 12.5. The Morgan fingerprint density at radius 1 is 1.32 bits per heavy atom. The van der Waals surface area contributed by atoms with Gasteiger partial charge in [-0.3, -0.25) is 9.79 Å². The summed E-state index contributed by atoms with van der Waals surface area (Å²) in [6, 6.07) is 7.80. The summed E-state index contributed by atoms with van der Waals surface area (Å²) in [6.07, 6.45) is 0. The van der Waals surface area contributed by atoms with Crippen molar-refractivity contribution in [1.82, 2.24) is 15.1 Å². The smallest absolute Gasteiger partial charge is 0.254 e. The molecule has 22 heavy (non-hydrogen) atoms. The van der Waals surface area contributed by atoms with E-state index in [1.165, 1.54) is 0 Å². The van der Waals surface area contributed by atoms with Crippen LogP contribution in [0.3, 0.4) is 0 Å². The van der Waals surface area contributed by atoms with Gasteiger partial charge in [-0.15, -0.1) is 0 Å². The molecular weight excluding hydrogens is 280 g/mol. The lowest BCUT2D eigenvalue weighted by Gasteiger charge is -2.27. The Balaban J connectivity index is 1.63. The summed E-state index contributed by atoms with van der Waals surface area (Å²) in [6.45, 7) is 5.06. The fourth-order valence-electron chi connectivity index (χ4n) is 2.67. The molecule has 1 saturated heterocycles. The van der Waals surface area contributed by atoms with E-state index < -0.39 is 0 Å². The molecule has 0 radical (unpaired) electrons. The predicted molar refractivity (Wildman–Crippen MR) is 84.9 cm³/mol. The number of hydrogen-bond donors (Lipinski definition) is 1. The topological polar surface area (TPSA) is 57.2 Å². The highest BCUT2D eigenvalue weighted by molar-refractivity contribution is 5.94. The average Bonchev–Trinajstić information content (AvgIpc) is 2.98. The van der Waals surface area contributed by atoms with Crippen LogP contribution in [0.1, 0.15) is 15.9 Å². The largest absolute Gasteiger partial charge is 0.378 e. The second-order valence-electron chi connectivity index (χ2n) is 5.59. The number of aliphatic imine (C=N–C) groups is 1. The molecule has 0 atom stereocenters. The van der Waals surface area contributed by atoms with Gasteiger partial charge in [0.05, 0.1) is 19.8 Å². The van der Waals surface area contributed by atoms with Crippen LogP contribution in [-0.4, -0.2) is 68.1 Å². The van der Waals surface area contributed by atoms with Crippen LogP contribution in [0.4, 0.5) is 0 Å². The van der Waals surface area contributed by atoms with Gasteiger partial charge in [-0.05, 0) is 17.7 Å². The van der Waals surface area contributed by atoms with Gasteiger partial charge in [-0.2, -0.15) is 0 Å². The van der Waals surface area contributed by atoms with Crippen LogP contribution < -0.4 is 5.32 Å². The summed E-state index contributed by atoms with van der Waals surface area (Å²) in [5.41, 5.74) is 1.82. The van der Waals surface area contributed by atoms with Gasteiger partial charge in [0, 0.05) is 38.8 Å². The molecule has 1 fully saturated rings. The first-order valence-corrected chi connectivity index (χ1v) is 7.69. The Bertz CT molecular complexity index is 567. The van der Waals surface area contributed by atoms with Crippen LogP contribution in [0.15, 0.2) is 29.3 Å². The summed E-state index contributed by atoms with van der Waals surface area (Å²) < 4.78 is 5.29. The lowest BCUT2D eigenvalue weighted by atomic mass is 10.1. The number of hydrogen-bond acceptors (Lipinski definition) is 5. The molecule has 0 aromatic heterocycles. The minimum absolute atomic E-state index is 0.0838. The molecule has 6 nitrogen and oxygen atoms in total. The summed E-state index contributed by atoms with van der Waals surface area (Å²) in [7, 11) is 2.03. The van der Waals surface area contributed by atoms with E-state index in [0.29, 0.717) is 32.8 Å². The Hall–Kier alpha value is -2.08. The van der Waals surface area contributed by atoms with Gasteiger partial charge in [-0.1, -0.05) is 12.1 Å². The molecule has 1 amide bonds. The molecule has 0 spiro atoms. The molecule has 2 aliphatic rings. The molecule has 0 aliphatic carbocycles. The van der Waals surface area contributed by atoms with Crippen molar-refractivity contribution in [3.63, 3.8) is 0 Å². The van der Waals surface area contributed by atoms with Crippen molar-refractivity contribution in [3.8, 4) is 0 Å². The summed E-state index contributed by atoms with van der Waals surface area (Å²) >= 11 is 0. The van der Waals surface area contributed by atoms with Crippen LogP contribution in [0.2, 0.25) is 0 Å². The first-order valence-electron chi connectivity index (χ1n) is 7.69. The number of carbonyl (C=O) groups is 1. The number of carbonyl (C=O) groups excluding carboxylic acids is 1. The van der Waals surface area contributed by atoms with Crippen LogP contribution in [0, 0.1) is 0 Å². The second kappa shape index (κ2) is 6.79. The molecular formula is C16H22N4O2. The number of ether oxygens (including phenoxy) is 1. The Labute approximate surface area is 130 Å². The van der Waals surface area contributed by atoms with E-state index >= 15 is 0 Å². The average molecular weight is 302 g/mol. The van der Waals surface area contributed by atoms with Gasteiger partial charge in [0.25, 0.3) is 5.91 Å². The van der Waals surface area contributed by atoms with Crippen molar-refractivity contribution in [3.05, 3.63) is 35.4 Å². The zero-order chi connectivity index (χ0) is 15.4. The molecule has 1 N–H and O–H groups in total. The van der Waals surface area contributed by atoms with Gasteiger partial charge in [0.1, 0.15) is 0 Å². The highest BCUT2D eigenvalue weighted by atomic mass is 16.5. The standard InChI is InChI=1S/C16H22N4O2/c1-19-6-5-17-16(19)18-12-13-3-2-4-14(11-13)15(21)20-7-9-22-10-8-20/h2-4,11H,5-10,12H2,1H3,(H,17,18). The van der Waals surface area contributed by atoms with E-state index in [0.717, 1.165) is 30.2 Å². The minimum atomic E-state index is 0.0838. The first-order chi connectivity index (χ1) is 10.7. The third-order valence-electron chi connectivity index (χ3n) is 3.98. The Morgan fingerprint density at radius 2 is 2.14 bits per heavy atom. The zero-order valence-corrected chi connectivity index (χ0v) is 12.9. The van der Waals surface area contributed by atoms with Crippen LogP contribution >= 0.6 is 0 Å². The molecule has 1 aromatic carbocycles. The summed E-state index contributed by atoms with van der Waals surface area (Å²) in [5, 5.41) is 3.32. The molecule has 0 unspecified atom stereocenters. The van der Waals surface area contributed by atoms with E-state index in [1.54, 1.807) is 0 Å². The van der Waals surface area contributed by atoms with E-state index in [2.05, 4.69) is 15.2 Å². The number of morpholine rings is 1. The number of guanidine groups is 1. The zero-order valence-electron chi connectivity index (χ0n) is 12.9. The quantitative estimate of drug-likeness (QED) is 0.886. The fraction of sp³-hybridized carbons (Fsp3) is 0.500. The summed E-state index contributed by atoms with van der Waals surface area (Å²) in [5.74, 6) is 1.00. The van der Waals surface area contributed by atoms with E-state index in [-0.39, 0.29) is 5.91 Å². The number of rotatable bonds is 3. The van der Waals surface area contributed by atoms with Crippen molar-refractivity contribution in [2.75, 3.05) is 46.4 Å². The van der Waals surface area contributed by atoms with Crippen LogP contribution in [0.25, 0.3) is 0 Å². The van der Waals surface area contributed by atoms with Crippen molar-refractivity contribution in [1.29, 1.82) is 0 Å². The predicted octanol–water partition coefficient (Wildman–Crippen LogP) is 0.550. The minimum Gasteiger partial charge on any atom is -0.378 e. The molecule has 1 aromatic rings. The van der Waals surface area contributed by atoms with Gasteiger partial charge < -0.3 is 19.9 Å². The number of benzene rings is 1. The second-order valence-corrected chi connectivity index (χ2v) is 5.59. The molecule has 0 saturated carbocycles. The monoisotopic (exact) mass is 302 g/mol. The van der Waals surface area contributed by atoms with E-state index in [9.17, 15) is 4.79 Å². The lowest BCUT2D eigenvalue weighted by Crippen LogP contribution is -2.40. The SMILES string of the molecule is CN1CCN=C1NCc1cccc(C(=O)N2CCOCC2)c1. The molecule has 0 bridgehead atoms. The fourth-order valence-corrected chi connectivity index (χ4v) is 2.67. The van der Waals surface area contributed by atoms with Crippen LogP contribution in [-0.2, 0) is 11.3 Å². The Morgan fingerprint density at radius 3 is 2.86 bits per heavy atom. The van der Waals surface area contributed by atoms with Gasteiger partial charge >= 0.3 is 0 Å². The number of likely N-dealkylation sites (N-methyl/N-ethyl adjacent to an activating group) is 1. The van der Waals surface area contributed by atoms with Crippen molar-refractivity contribution >= 4 is 11.9 Å². The third kappa shape index (κ3) is 3.39. The molecule has 3 rings (SSSR count). The molecule has 2 aliphatic heterocycles. The maximum Gasteiger partial charge on any atom is 0.254 e. The molecule has 6 heteroatoms. The number of nitrogens with zero attached hydrogens (tertiary/aromatic N) is 3. The maximum atomic E-state index is 12.5. The molecule has 2 heterocycles. The molecule has 118 valence electrons. The Kier molecular flexibility index (Phi) is 4.58. The summed E-state index contributed by atoms with van der Waals surface area (Å²) in [4.78, 5) is 20.8. The normalized spacial score (nSPS) is 18.3. The number of amides is 1. The highest BCUT2D eigenvalue weighted by Gasteiger charge is 2.18. The van der Waals surface area contributed by atoms with E-state index in [1.807, 2.05) is 36.2 Å². The van der Waals surface area contributed by atoms with Gasteiger partial charge in [0.2, 0.25) is 0 Å². The first kappa shape index (κ1) is 14.8. The van der Waals surface area contributed by atoms with Gasteiger partial charge in [-0.25, -0.2) is 0 Å². The highest BCUT2D eigenvalue weighted by Crippen LogP contribution is 2.10. The van der Waals surface area contributed by atoms with Crippen molar-refractivity contribution < 1.29 is 9.53 Å². The van der Waals surface area contributed by atoms with Crippen molar-refractivity contribution in [2.24, 2.45) is 4.99 Å². The number of nitrogens with one attached hydrogen (secondary N) is 1. The third-order valence-corrected chi connectivity index (χ3v) is 3.98. The van der Waals surface area contributed by atoms with Crippen LogP contribution in [0.5, 0.6) is 0 Å².